The van der Waals surface area contributed by atoms with E-state index >= 15 is 0 Å². The quantitative estimate of drug-likeness (QED) is 0.683. The third-order valence-electron chi connectivity index (χ3n) is 4.64. The van der Waals surface area contributed by atoms with E-state index in [0.717, 1.165) is 41.2 Å². The maximum atomic E-state index is 8.06. The van der Waals surface area contributed by atoms with Crippen LogP contribution in [0.15, 0.2) is 36.7 Å². The van der Waals surface area contributed by atoms with Crippen molar-refractivity contribution < 1.29 is 0 Å². The number of nitrogens with two attached hydrogens (primary N) is 1. The first-order valence-electron chi connectivity index (χ1n) is 8.61. The van der Waals surface area contributed by atoms with Crippen LogP contribution in [0.2, 0.25) is 0 Å². The topological polar surface area (TPSA) is 87.7 Å². The Balaban J connectivity index is 1.69. The van der Waals surface area contributed by atoms with Crippen LogP contribution >= 0.6 is 0 Å². The average molecular weight is 323 g/mol. The van der Waals surface area contributed by atoms with Crippen molar-refractivity contribution in [3.63, 3.8) is 0 Å². The van der Waals surface area contributed by atoms with Gasteiger partial charge in [0, 0.05) is 23.5 Å². The lowest BCUT2D eigenvalue weighted by atomic mass is 9.77. The number of para-hydroxylation sites is 2. The van der Waals surface area contributed by atoms with Gasteiger partial charge in [-0.05, 0) is 57.2 Å². The van der Waals surface area contributed by atoms with Gasteiger partial charge in [0.2, 0.25) is 0 Å². The lowest BCUT2D eigenvalue weighted by Gasteiger charge is -2.35. The molecule has 1 aromatic carbocycles. The molecule has 5 nitrogen and oxygen atoms in total. The van der Waals surface area contributed by atoms with E-state index in [4.69, 9.17) is 11.1 Å². The second-order valence-electron chi connectivity index (χ2n) is 6.56. The highest BCUT2D eigenvalue weighted by Gasteiger charge is 2.27. The van der Waals surface area contributed by atoms with Crippen LogP contribution in [0.4, 0.5) is 0 Å². The van der Waals surface area contributed by atoms with E-state index in [0.29, 0.717) is 11.8 Å². The number of hydrogen-bond acceptors (Lipinski definition) is 5. The van der Waals surface area contributed by atoms with Crippen molar-refractivity contribution in [3.8, 4) is 0 Å². The van der Waals surface area contributed by atoms with Crippen LogP contribution < -0.4 is 11.1 Å². The fourth-order valence-corrected chi connectivity index (χ4v) is 3.18. The molecule has 1 aliphatic carbocycles. The van der Waals surface area contributed by atoms with Gasteiger partial charge in [-0.25, -0.2) is 4.98 Å². The lowest BCUT2D eigenvalue weighted by Crippen LogP contribution is -2.39. The predicted octanol–water partition coefficient (Wildman–Crippen LogP) is 3.12. The van der Waals surface area contributed by atoms with E-state index in [1.807, 2.05) is 30.5 Å². The van der Waals surface area contributed by atoms with Crippen molar-refractivity contribution in [2.24, 2.45) is 11.7 Å². The first-order chi connectivity index (χ1) is 11.7. The summed E-state index contributed by atoms with van der Waals surface area (Å²) in [6.45, 7) is 2.57. The zero-order chi connectivity index (χ0) is 16.9. The molecule has 1 heterocycles. The van der Waals surface area contributed by atoms with Crippen LogP contribution in [-0.2, 0) is 0 Å². The van der Waals surface area contributed by atoms with Gasteiger partial charge in [-0.2, -0.15) is 0 Å². The third-order valence-corrected chi connectivity index (χ3v) is 4.64. The molecular formula is C19H25N5. The average Bonchev–Trinajstić information content (AvgIpc) is 2.55. The van der Waals surface area contributed by atoms with Gasteiger partial charge in [-0.1, -0.05) is 12.1 Å². The molecule has 0 amide bonds. The largest absolute Gasteiger partial charge is 0.388 e. The Bertz CT molecular complexity index is 746. The highest BCUT2D eigenvalue weighted by atomic mass is 14.9. The minimum Gasteiger partial charge on any atom is -0.388 e. The number of allylic oxidation sites excluding steroid dienone is 1. The normalized spacial score (nSPS) is 20.7. The van der Waals surface area contributed by atoms with E-state index in [1.54, 1.807) is 13.1 Å². The Kier molecular flexibility index (Phi) is 5.20. The van der Waals surface area contributed by atoms with Gasteiger partial charge in [0.1, 0.15) is 0 Å². The van der Waals surface area contributed by atoms with Crippen LogP contribution in [0.5, 0.6) is 0 Å². The predicted molar refractivity (Wildman–Crippen MR) is 98.9 cm³/mol. The lowest BCUT2D eigenvalue weighted by molar-refractivity contribution is 0.223. The first-order valence-corrected chi connectivity index (χ1v) is 8.61. The summed E-state index contributed by atoms with van der Waals surface area (Å²) in [7, 11) is 0. The van der Waals surface area contributed by atoms with Gasteiger partial charge in [0.15, 0.2) is 0 Å². The molecule has 126 valence electrons. The highest BCUT2D eigenvalue weighted by molar-refractivity contribution is 6.20. The molecule has 1 aliphatic rings. The molecule has 5 heteroatoms. The molecule has 0 aliphatic heterocycles. The van der Waals surface area contributed by atoms with Crippen LogP contribution in [0.1, 0.15) is 38.3 Å². The van der Waals surface area contributed by atoms with Gasteiger partial charge in [-0.3, -0.25) is 4.98 Å². The summed E-state index contributed by atoms with van der Waals surface area (Å²) in [5, 5.41) is 11.5. The van der Waals surface area contributed by atoms with Crippen LogP contribution in [-0.4, -0.2) is 28.3 Å². The molecular weight excluding hydrogens is 298 g/mol. The van der Waals surface area contributed by atoms with Crippen molar-refractivity contribution in [2.75, 3.05) is 6.54 Å². The SMILES string of the molecule is CC(=N)/C(=C\NC1CC(CCCN)C1)c1cnc2ccccc2n1. The summed E-state index contributed by atoms with van der Waals surface area (Å²) < 4.78 is 0. The van der Waals surface area contributed by atoms with Crippen molar-refractivity contribution in [1.82, 2.24) is 15.3 Å². The molecule has 0 unspecified atom stereocenters. The summed E-state index contributed by atoms with van der Waals surface area (Å²) in [4.78, 5) is 9.10. The molecule has 1 fully saturated rings. The number of hydrogen-bond donors (Lipinski definition) is 3. The Morgan fingerprint density at radius 3 is 2.79 bits per heavy atom. The number of fused-ring (bicyclic) bond motifs is 1. The van der Waals surface area contributed by atoms with Crippen LogP contribution in [0, 0.1) is 11.3 Å². The number of benzene rings is 1. The van der Waals surface area contributed by atoms with Crippen molar-refractivity contribution in [1.29, 1.82) is 5.41 Å². The minimum atomic E-state index is 0.492. The molecule has 0 spiro atoms. The van der Waals surface area contributed by atoms with Gasteiger partial charge in [0.05, 0.1) is 22.9 Å². The zero-order valence-corrected chi connectivity index (χ0v) is 14.1. The molecule has 0 saturated heterocycles. The molecule has 3 rings (SSSR count). The summed E-state index contributed by atoms with van der Waals surface area (Å²) in [5.41, 5.74) is 9.33. The van der Waals surface area contributed by atoms with Gasteiger partial charge in [0.25, 0.3) is 0 Å². The number of rotatable bonds is 7. The van der Waals surface area contributed by atoms with E-state index < -0.39 is 0 Å². The molecule has 1 aromatic heterocycles. The maximum absolute atomic E-state index is 8.06. The smallest absolute Gasteiger partial charge is 0.0925 e. The number of nitrogens with zero attached hydrogens (tertiary/aromatic N) is 2. The Morgan fingerprint density at radius 2 is 2.08 bits per heavy atom. The van der Waals surface area contributed by atoms with Gasteiger partial charge < -0.3 is 16.5 Å². The van der Waals surface area contributed by atoms with Crippen LogP contribution in [0.25, 0.3) is 16.6 Å². The maximum Gasteiger partial charge on any atom is 0.0925 e. The second-order valence-corrected chi connectivity index (χ2v) is 6.56. The summed E-state index contributed by atoms with van der Waals surface area (Å²) in [6.07, 6.45) is 8.40. The number of nitrogens with one attached hydrogen (secondary N) is 2. The Hall–Kier alpha value is -2.27. The van der Waals surface area contributed by atoms with E-state index in [1.165, 1.54) is 19.3 Å². The van der Waals surface area contributed by atoms with E-state index in [9.17, 15) is 0 Å². The minimum absolute atomic E-state index is 0.492. The highest BCUT2D eigenvalue weighted by Crippen LogP contribution is 2.31. The number of aromatic nitrogens is 2. The molecule has 4 N–H and O–H groups in total. The molecule has 0 radical (unpaired) electrons. The van der Waals surface area contributed by atoms with E-state index in [-0.39, 0.29) is 0 Å². The van der Waals surface area contributed by atoms with Gasteiger partial charge >= 0.3 is 0 Å². The Morgan fingerprint density at radius 1 is 1.33 bits per heavy atom. The van der Waals surface area contributed by atoms with Gasteiger partial charge in [-0.15, -0.1) is 0 Å². The molecule has 1 saturated carbocycles. The monoisotopic (exact) mass is 323 g/mol. The zero-order valence-electron chi connectivity index (χ0n) is 14.1. The molecule has 24 heavy (non-hydrogen) atoms. The Labute approximate surface area is 142 Å². The summed E-state index contributed by atoms with van der Waals surface area (Å²) >= 11 is 0. The standard InChI is InChI=1S/C19H25N5/c1-13(21)16(11-22-15-9-14(10-15)5-4-8-20)19-12-23-17-6-2-3-7-18(17)24-19/h2-3,6-7,11-12,14-15,21-22H,4-5,8-10,20H2,1H3/b16-11+,21-13?. The molecule has 0 atom stereocenters. The second kappa shape index (κ2) is 7.53. The van der Waals surface area contributed by atoms with Crippen molar-refractivity contribution >= 4 is 22.3 Å². The van der Waals surface area contributed by atoms with Crippen molar-refractivity contribution in [3.05, 3.63) is 42.4 Å². The van der Waals surface area contributed by atoms with E-state index in [2.05, 4.69) is 15.3 Å². The first kappa shape index (κ1) is 16.6. The molecule has 2 aromatic rings. The van der Waals surface area contributed by atoms with Crippen LogP contribution in [0.3, 0.4) is 0 Å². The fraction of sp³-hybridized carbons (Fsp3) is 0.421. The summed E-state index contributed by atoms with van der Waals surface area (Å²) in [5.74, 6) is 0.796. The third kappa shape index (κ3) is 3.79. The van der Waals surface area contributed by atoms with Crippen molar-refractivity contribution in [2.45, 2.75) is 38.6 Å². The summed E-state index contributed by atoms with van der Waals surface area (Å²) in [6, 6.07) is 8.30. The molecule has 0 bridgehead atoms. The fourth-order valence-electron chi connectivity index (χ4n) is 3.18.